The number of aromatic nitrogens is 4. The maximum Gasteiger partial charge on any atom is 0.332 e. The standard InChI is InChI=1S/C19H19N5O4S/c1-12-20-14(10-29-12)8-24-17(27)16(26)23-6-4-19(18(23)21-24)3-5-22(11-19)15(25)13-2-7-28-9-13/h2,7,9-10H,3-6,8,11H2,1H3/t19-/m0/s1. The van der Waals surface area contributed by atoms with Crippen molar-refractivity contribution in [1.29, 1.82) is 0 Å². The predicted octanol–water partition coefficient (Wildman–Crippen LogP) is 0.999. The molecule has 0 bridgehead atoms. The average molecular weight is 413 g/mol. The van der Waals surface area contributed by atoms with Crippen LogP contribution in [0.2, 0.25) is 0 Å². The minimum absolute atomic E-state index is 0.0947. The van der Waals surface area contributed by atoms with E-state index < -0.39 is 16.5 Å². The molecule has 1 saturated heterocycles. The molecule has 1 spiro atoms. The molecule has 5 rings (SSSR count). The lowest BCUT2D eigenvalue weighted by Crippen LogP contribution is -2.45. The summed E-state index contributed by atoms with van der Waals surface area (Å²) in [5.41, 5.74) is -0.387. The van der Waals surface area contributed by atoms with Crippen molar-refractivity contribution in [2.24, 2.45) is 0 Å². The summed E-state index contributed by atoms with van der Waals surface area (Å²) in [5.74, 6) is 0.499. The Labute approximate surface area is 169 Å². The summed E-state index contributed by atoms with van der Waals surface area (Å²) < 4.78 is 7.72. The number of fused-ring (bicyclic) bond motifs is 2. The summed E-state index contributed by atoms with van der Waals surface area (Å²) in [5, 5.41) is 7.35. The Morgan fingerprint density at radius 2 is 2.10 bits per heavy atom. The van der Waals surface area contributed by atoms with Crippen molar-refractivity contribution in [2.45, 2.75) is 38.3 Å². The Balaban J connectivity index is 1.50. The van der Waals surface area contributed by atoms with Crippen molar-refractivity contribution in [3.05, 3.63) is 66.8 Å². The number of hydrogen-bond donors (Lipinski definition) is 0. The highest BCUT2D eigenvalue weighted by molar-refractivity contribution is 7.09. The lowest BCUT2D eigenvalue weighted by Gasteiger charge is -2.23. The van der Waals surface area contributed by atoms with Gasteiger partial charge in [-0.1, -0.05) is 0 Å². The van der Waals surface area contributed by atoms with E-state index in [4.69, 9.17) is 4.42 Å². The molecular weight excluding hydrogens is 394 g/mol. The van der Waals surface area contributed by atoms with Gasteiger partial charge in [-0.05, 0) is 25.8 Å². The predicted molar refractivity (Wildman–Crippen MR) is 104 cm³/mol. The molecule has 0 radical (unpaired) electrons. The van der Waals surface area contributed by atoms with Gasteiger partial charge in [0.2, 0.25) is 0 Å². The summed E-state index contributed by atoms with van der Waals surface area (Å²) in [6.45, 7) is 3.55. The molecular formula is C19H19N5O4S. The van der Waals surface area contributed by atoms with Gasteiger partial charge < -0.3 is 9.32 Å². The zero-order valence-corrected chi connectivity index (χ0v) is 16.6. The lowest BCUT2D eigenvalue weighted by atomic mass is 9.85. The first kappa shape index (κ1) is 18.0. The first-order valence-electron chi connectivity index (χ1n) is 9.42. The molecule has 0 N–H and O–H groups in total. The van der Waals surface area contributed by atoms with Gasteiger partial charge in [0, 0.05) is 25.0 Å². The van der Waals surface area contributed by atoms with Crippen molar-refractivity contribution in [2.75, 3.05) is 13.1 Å². The second kappa shape index (κ2) is 6.51. The number of likely N-dealkylation sites (tertiary alicyclic amines) is 1. The molecule has 3 aromatic rings. The van der Waals surface area contributed by atoms with Crippen LogP contribution in [0.5, 0.6) is 0 Å². The maximum absolute atomic E-state index is 12.7. The number of furan rings is 1. The molecule has 0 aliphatic carbocycles. The van der Waals surface area contributed by atoms with Crippen LogP contribution >= 0.6 is 11.3 Å². The molecule has 150 valence electrons. The molecule has 2 aliphatic heterocycles. The highest BCUT2D eigenvalue weighted by atomic mass is 32.1. The molecule has 0 saturated carbocycles. The van der Waals surface area contributed by atoms with Gasteiger partial charge in [0.1, 0.15) is 12.1 Å². The molecule has 1 fully saturated rings. The molecule has 0 aromatic carbocycles. The Kier molecular flexibility index (Phi) is 4.05. The highest BCUT2D eigenvalue weighted by Crippen LogP contribution is 2.40. The zero-order chi connectivity index (χ0) is 20.2. The largest absolute Gasteiger partial charge is 0.472 e. The fraction of sp³-hybridized carbons (Fsp3) is 0.421. The van der Waals surface area contributed by atoms with Gasteiger partial charge >= 0.3 is 11.1 Å². The minimum atomic E-state index is -0.638. The van der Waals surface area contributed by atoms with Gasteiger partial charge in [-0.2, -0.15) is 5.10 Å². The van der Waals surface area contributed by atoms with E-state index >= 15 is 0 Å². The van der Waals surface area contributed by atoms with Crippen LogP contribution in [0, 0.1) is 6.92 Å². The summed E-state index contributed by atoms with van der Waals surface area (Å²) in [6.07, 6.45) is 4.30. The monoisotopic (exact) mass is 413 g/mol. The summed E-state index contributed by atoms with van der Waals surface area (Å²) in [7, 11) is 0. The van der Waals surface area contributed by atoms with Crippen LogP contribution in [0.15, 0.2) is 38.0 Å². The van der Waals surface area contributed by atoms with Crippen LogP contribution in [-0.4, -0.2) is 43.2 Å². The van der Waals surface area contributed by atoms with Gasteiger partial charge in [0.15, 0.2) is 0 Å². The van der Waals surface area contributed by atoms with Gasteiger partial charge in [0.25, 0.3) is 5.91 Å². The molecule has 2 aliphatic rings. The Hall–Kier alpha value is -3.01. The maximum atomic E-state index is 12.7. The molecule has 1 amide bonds. The Morgan fingerprint density at radius 3 is 2.83 bits per heavy atom. The van der Waals surface area contributed by atoms with E-state index in [0.717, 1.165) is 5.01 Å². The van der Waals surface area contributed by atoms with Crippen molar-refractivity contribution in [1.82, 2.24) is 24.2 Å². The minimum Gasteiger partial charge on any atom is -0.472 e. The van der Waals surface area contributed by atoms with E-state index in [1.807, 2.05) is 12.3 Å². The Morgan fingerprint density at radius 1 is 1.28 bits per heavy atom. The summed E-state index contributed by atoms with van der Waals surface area (Å²) >= 11 is 1.49. The molecule has 5 heterocycles. The number of carbonyl (C=O) groups is 1. The molecule has 0 unspecified atom stereocenters. The SMILES string of the molecule is Cc1nc(Cn2nc3n(c(=O)c2=O)CC[C@]32CCN(C(=O)c3ccoc3)C2)cs1. The third-order valence-corrected chi connectivity index (χ3v) is 6.63. The molecule has 10 heteroatoms. The van der Waals surface area contributed by atoms with Gasteiger partial charge in [-0.3, -0.25) is 19.0 Å². The average Bonchev–Trinajstić information content (AvgIpc) is 3.49. The first-order chi connectivity index (χ1) is 14.0. The van der Waals surface area contributed by atoms with Gasteiger partial charge in [0.05, 0.1) is 34.5 Å². The second-order valence-corrected chi connectivity index (χ2v) is 8.68. The fourth-order valence-corrected chi connectivity index (χ4v) is 4.92. The van der Waals surface area contributed by atoms with Crippen LogP contribution in [-0.2, 0) is 18.5 Å². The zero-order valence-electron chi connectivity index (χ0n) is 15.8. The molecule has 3 aromatic heterocycles. The molecule has 29 heavy (non-hydrogen) atoms. The van der Waals surface area contributed by atoms with Crippen LogP contribution in [0.1, 0.15) is 39.7 Å². The Bertz CT molecular complexity index is 1210. The van der Waals surface area contributed by atoms with E-state index in [2.05, 4.69) is 10.1 Å². The van der Waals surface area contributed by atoms with Crippen molar-refractivity contribution in [3.63, 3.8) is 0 Å². The number of carbonyl (C=O) groups excluding carboxylic acids is 1. The third kappa shape index (κ3) is 2.86. The van der Waals surface area contributed by atoms with Gasteiger partial charge in [-0.15, -0.1) is 11.3 Å². The number of aryl methyl sites for hydroxylation is 1. The normalized spacial score (nSPS) is 20.5. The molecule has 1 atom stereocenters. The van der Waals surface area contributed by atoms with E-state index in [1.165, 1.54) is 33.1 Å². The number of nitrogens with zero attached hydrogens (tertiary/aromatic N) is 5. The second-order valence-electron chi connectivity index (χ2n) is 7.62. The third-order valence-electron chi connectivity index (χ3n) is 5.81. The number of amides is 1. The van der Waals surface area contributed by atoms with E-state index in [9.17, 15) is 14.4 Å². The quantitative estimate of drug-likeness (QED) is 0.594. The highest BCUT2D eigenvalue weighted by Gasteiger charge is 2.48. The first-order valence-corrected chi connectivity index (χ1v) is 10.3. The van der Waals surface area contributed by atoms with Crippen molar-refractivity contribution < 1.29 is 9.21 Å². The lowest BCUT2D eigenvalue weighted by molar-refractivity contribution is 0.0782. The van der Waals surface area contributed by atoms with Crippen molar-refractivity contribution >= 4 is 17.2 Å². The van der Waals surface area contributed by atoms with Crippen LogP contribution in [0.25, 0.3) is 0 Å². The van der Waals surface area contributed by atoms with E-state index in [-0.39, 0.29) is 12.5 Å². The van der Waals surface area contributed by atoms with Crippen molar-refractivity contribution in [3.8, 4) is 0 Å². The van der Waals surface area contributed by atoms with E-state index in [0.29, 0.717) is 49.6 Å². The topological polar surface area (TPSA) is 103 Å². The van der Waals surface area contributed by atoms with Crippen LogP contribution < -0.4 is 11.1 Å². The number of thiazole rings is 1. The van der Waals surface area contributed by atoms with Crippen LogP contribution in [0.3, 0.4) is 0 Å². The van der Waals surface area contributed by atoms with E-state index in [1.54, 1.807) is 11.0 Å². The molecule has 9 nitrogen and oxygen atoms in total. The fourth-order valence-electron chi connectivity index (χ4n) is 4.32. The smallest absolute Gasteiger partial charge is 0.332 e. The number of rotatable bonds is 3. The number of hydrogen-bond acceptors (Lipinski definition) is 7. The van der Waals surface area contributed by atoms with Gasteiger partial charge in [-0.25, -0.2) is 9.67 Å². The summed E-state index contributed by atoms with van der Waals surface area (Å²) in [4.78, 5) is 44.1. The summed E-state index contributed by atoms with van der Waals surface area (Å²) in [6, 6.07) is 1.65. The van der Waals surface area contributed by atoms with Crippen LogP contribution in [0.4, 0.5) is 0 Å².